The van der Waals surface area contributed by atoms with Gasteiger partial charge in [0.25, 0.3) is 5.91 Å². The van der Waals surface area contributed by atoms with E-state index in [0.29, 0.717) is 39.1 Å². The lowest BCUT2D eigenvalue weighted by Gasteiger charge is -2.41. The average molecular weight is 431 g/mol. The molecule has 1 amide bonds. The van der Waals surface area contributed by atoms with Gasteiger partial charge in [-0.1, -0.05) is 17.7 Å². The molecule has 3 fully saturated rings. The average Bonchev–Trinajstić information content (AvgIpc) is 2.94. The lowest BCUT2D eigenvalue weighted by Crippen LogP contribution is -2.56. The van der Waals surface area contributed by atoms with Gasteiger partial charge in [0, 0.05) is 25.6 Å². The van der Waals surface area contributed by atoms with Crippen LogP contribution in [0.15, 0.2) is 12.1 Å². The molecule has 3 aliphatic rings. The fourth-order valence-corrected chi connectivity index (χ4v) is 5.50. The molecule has 170 valence electrons. The molecule has 0 bridgehead atoms. The van der Waals surface area contributed by atoms with Crippen LogP contribution in [0.3, 0.4) is 0 Å². The Morgan fingerprint density at radius 3 is 2.39 bits per heavy atom. The lowest BCUT2D eigenvalue weighted by molar-refractivity contribution is -0.236. The molecule has 1 aromatic rings. The summed E-state index contributed by atoms with van der Waals surface area (Å²) in [6.07, 6.45) is 3.03. The third-order valence-corrected chi connectivity index (χ3v) is 7.09. The van der Waals surface area contributed by atoms with Crippen molar-refractivity contribution in [2.24, 2.45) is 5.92 Å². The van der Waals surface area contributed by atoms with E-state index in [4.69, 9.17) is 14.4 Å². The maximum Gasteiger partial charge on any atom is 0.262 e. The smallest absolute Gasteiger partial charge is 0.262 e. The summed E-state index contributed by atoms with van der Waals surface area (Å²) in [4.78, 5) is 39.2. The van der Waals surface area contributed by atoms with Crippen LogP contribution >= 0.6 is 0 Å². The van der Waals surface area contributed by atoms with Gasteiger partial charge in [-0.25, -0.2) is 5.06 Å². The Morgan fingerprint density at radius 2 is 1.81 bits per heavy atom. The third kappa shape index (κ3) is 4.04. The number of amides is 1. The molecule has 7 heteroatoms. The van der Waals surface area contributed by atoms with E-state index in [1.54, 1.807) is 7.11 Å². The lowest BCUT2D eigenvalue weighted by atomic mass is 9.79. The highest BCUT2D eigenvalue weighted by Crippen LogP contribution is 2.45. The van der Waals surface area contributed by atoms with Gasteiger partial charge in [-0.05, 0) is 63.1 Å². The highest BCUT2D eigenvalue weighted by molar-refractivity contribution is 6.17. The van der Waals surface area contributed by atoms with Gasteiger partial charge in [-0.3, -0.25) is 14.4 Å². The zero-order valence-electron chi connectivity index (χ0n) is 19.1. The van der Waals surface area contributed by atoms with Crippen molar-refractivity contribution in [2.75, 3.05) is 40.0 Å². The zero-order valence-corrected chi connectivity index (χ0v) is 19.1. The molecule has 0 aliphatic carbocycles. The number of ether oxygens (including phenoxy) is 1. The van der Waals surface area contributed by atoms with Crippen LogP contribution in [0.1, 0.15) is 53.9 Å². The summed E-state index contributed by atoms with van der Waals surface area (Å²) in [5, 5.41) is 3.28. The largest absolute Gasteiger partial charge is 0.381 e. The van der Waals surface area contributed by atoms with E-state index < -0.39 is 11.5 Å². The molecule has 7 nitrogen and oxygen atoms in total. The van der Waals surface area contributed by atoms with Crippen LogP contribution in [0.2, 0.25) is 0 Å². The summed E-state index contributed by atoms with van der Waals surface area (Å²) >= 11 is 0. The summed E-state index contributed by atoms with van der Waals surface area (Å²) in [6, 6.07) is 4.10. The highest BCUT2D eigenvalue weighted by Gasteiger charge is 2.61. The van der Waals surface area contributed by atoms with E-state index in [-0.39, 0.29) is 17.6 Å². The summed E-state index contributed by atoms with van der Waals surface area (Å²) in [7, 11) is 1.64. The number of hydrogen-bond acceptors (Lipinski definition) is 6. The molecular formula is C24H34N2O5. The number of piperidine rings is 1. The van der Waals surface area contributed by atoms with E-state index in [9.17, 15) is 9.59 Å². The third-order valence-electron chi connectivity index (χ3n) is 7.09. The standard InChI is InChI=1S/C24H34N2O5/c1-16-12-17(2)20(18(3)13-16)21-22(27)24(7-9-25(29-4)10-8-24)26(23(21)28)31-15-19-6-5-11-30-14-19/h12-13,19,21H,5-11,14-15H2,1-4H3. The summed E-state index contributed by atoms with van der Waals surface area (Å²) in [5.74, 6) is -0.835. The van der Waals surface area contributed by atoms with E-state index >= 15 is 0 Å². The number of aryl methyl sites for hydroxylation is 3. The fourth-order valence-electron chi connectivity index (χ4n) is 5.50. The molecule has 31 heavy (non-hydrogen) atoms. The van der Waals surface area contributed by atoms with Crippen LogP contribution in [-0.4, -0.2) is 67.4 Å². The number of hydrogen-bond donors (Lipinski definition) is 0. The van der Waals surface area contributed by atoms with Crippen molar-refractivity contribution in [2.45, 2.75) is 57.9 Å². The Balaban J connectivity index is 1.66. The number of carbonyl (C=O) groups excluding carboxylic acids is 2. The molecule has 0 aromatic heterocycles. The minimum Gasteiger partial charge on any atom is -0.381 e. The van der Waals surface area contributed by atoms with Crippen molar-refractivity contribution in [3.63, 3.8) is 0 Å². The monoisotopic (exact) mass is 430 g/mol. The molecule has 2 unspecified atom stereocenters. The van der Waals surface area contributed by atoms with Crippen LogP contribution in [0.25, 0.3) is 0 Å². The molecule has 0 saturated carbocycles. The second-order valence-corrected chi connectivity index (χ2v) is 9.26. The van der Waals surface area contributed by atoms with Gasteiger partial charge in [-0.2, -0.15) is 5.06 Å². The van der Waals surface area contributed by atoms with Crippen molar-refractivity contribution in [1.82, 2.24) is 10.1 Å². The maximum atomic E-state index is 13.9. The van der Waals surface area contributed by atoms with Gasteiger partial charge in [0.2, 0.25) is 0 Å². The van der Waals surface area contributed by atoms with Gasteiger partial charge < -0.3 is 9.57 Å². The molecule has 4 rings (SSSR count). The topological polar surface area (TPSA) is 68.3 Å². The number of ketones is 1. The van der Waals surface area contributed by atoms with Crippen molar-refractivity contribution in [3.8, 4) is 0 Å². The fraction of sp³-hybridized carbons (Fsp3) is 0.667. The summed E-state index contributed by atoms with van der Waals surface area (Å²) < 4.78 is 5.57. The van der Waals surface area contributed by atoms with Gasteiger partial charge in [0.15, 0.2) is 5.78 Å². The maximum absolute atomic E-state index is 13.9. The first-order valence-electron chi connectivity index (χ1n) is 11.3. The number of Topliss-reactive ketones (excluding diaryl/α,β-unsaturated/α-hetero) is 1. The molecule has 1 spiro atoms. The Bertz CT molecular complexity index is 817. The van der Waals surface area contributed by atoms with E-state index in [0.717, 1.165) is 41.7 Å². The number of nitrogens with zero attached hydrogens (tertiary/aromatic N) is 2. The number of hydroxylamine groups is 4. The SMILES string of the molecule is CON1CCC2(CC1)C(=O)C(c1c(C)cc(C)cc1C)C(=O)N2OCC1CCCOC1. The second-order valence-electron chi connectivity index (χ2n) is 9.26. The molecule has 0 N–H and O–H groups in total. The van der Waals surface area contributed by atoms with Crippen molar-refractivity contribution in [1.29, 1.82) is 0 Å². The Hall–Kier alpha value is -1.80. The normalized spacial score (nSPS) is 26.8. The Morgan fingerprint density at radius 1 is 1.13 bits per heavy atom. The van der Waals surface area contributed by atoms with Gasteiger partial charge >= 0.3 is 0 Å². The Labute approximate surface area is 184 Å². The highest BCUT2D eigenvalue weighted by atomic mass is 16.7. The van der Waals surface area contributed by atoms with Gasteiger partial charge in [0.05, 0.1) is 20.3 Å². The van der Waals surface area contributed by atoms with E-state index in [1.165, 1.54) is 5.06 Å². The second kappa shape index (κ2) is 8.98. The Kier molecular flexibility index (Phi) is 6.49. The molecular weight excluding hydrogens is 396 g/mol. The first-order chi connectivity index (χ1) is 14.9. The zero-order chi connectivity index (χ0) is 22.2. The first-order valence-corrected chi connectivity index (χ1v) is 11.3. The molecule has 3 heterocycles. The van der Waals surface area contributed by atoms with Crippen molar-refractivity contribution >= 4 is 11.7 Å². The van der Waals surface area contributed by atoms with Crippen LogP contribution < -0.4 is 0 Å². The minimum atomic E-state index is -0.934. The summed E-state index contributed by atoms with van der Waals surface area (Å²) in [5.41, 5.74) is 3.00. The van der Waals surface area contributed by atoms with Crippen LogP contribution in [0.4, 0.5) is 0 Å². The molecule has 0 radical (unpaired) electrons. The first kappa shape index (κ1) is 22.4. The van der Waals surface area contributed by atoms with Crippen LogP contribution in [0.5, 0.6) is 0 Å². The number of rotatable bonds is 5. The van der Waals surface area contributed by atoms with E-state index in [2.05, 4.69) is 0 Å². The predicted molar refractivity (Wildman–Crippen MR) is 115 cm³/mol. The van der Waals surface area contributed by atoms with Crippen LogP contribution in [-0.2, 0) is 24.0 Å². The molecule has 2 atom stereocenters. The van der Waals surface area contributed by atoms with Gasteiger partial charge in [-0.15, -0.1) is 0 Å². The van der Waals surface area contributed by atoms with Gasteiger partial charge in [0.1, 0.15) is 11.5 Å². The molecule has 3 saturated heterocycles. The minimum absolute atomic E-state index is 0.0387. The molecule has 1 aromatic carbocycles. The quantitative estimate of drug-likeness (QED) is 0.669. The van der Waals surface area contributed by atoms with E-state index in [1.807, 2.05) is 38.0 Å². The van der Waals surface area contributed by atoms with Crippen molar-refractivity contribution < 1.29 is 24.0 Å². The number of benzene rings is 1. The summed E-state index contributed by atoms with van der Waals surface area (Å²) in [6.45, 7) is 8.99. The van der Waals surface area contributed by atoms with Crippen LogP contribution in [0, 0.1) is 26.7 Å². The predicted octanol–water partition coefficient (Wildman–Crippen LogP) is 2.86. The number of carbonyl (C=O) groups is 2. The molecule has 3 aliphatic heterocycles. The van der Waals surface area contributed by atoms with Crippen molar-refractivity contribution in [3.05, 3.63) is 34.4 Å².